The Morgan fingerprint density at radius 2 is 1.40 bits per heavy atom. The van der Waals surface area contributed by atoms with Crippen LogP contribution >= 0.6 is 0 Å². The lowest BCUT2D eigenvalue weighted by Gasteiger charge is -2.34. The minimum atomic E-state index is -2.30. The van der Waals surface area contributed by atoms with Gasteiger partial charge in [-0.05, 0) is 62.1 Å². The maximum atomic E-state index is 14.5. The molecule has 16 atom stereocenters. The number of phenols is 1. The number of fused-ring (bicyclic) bond motifs is 2. The van der Waals surface area contributed by atoms with Gasteiger partial charge in [-0.3, -0.25) is 33.6 Å². The Labute approximate surface area is 436 Å². The SMILES string of the molecule is CCC(C)CC(C)CCCCCCCC(=O)NC1CC(O)C(O)NC(=O)C2C(O)CCN2C(=O)C(CC(O)CCN=O)NC(=O)C(C(O)C(O)c2ccc(O)cc2)NC(=O)C2CC(O)CN2C(=O)C(C(C)O)NC1=O. The summed E-state index contributed by atoms with van der Waals surface area (Å²) in [6.07, 6.45) is -10.3. The highest BCUT2D eigenvalue weighted by Crippen LogP contribution is 2.27. The third-order valence-electron chi connectivity index (χ3n) is 14.4. The minimum absolute atomic E-state index is 0.0702. The lowest BCUT2D eigenvalue weighted by atomic mass is 9.91. The second-order valence-electron chi connectivity index (χ2n) is 20.6. The van der Waals surface area contributed by atoms with E-state index in [4.69, 9.17) is 0 Å². The number of nitroso groups, excluding NO2 is 1. The summed E-state index contributed by atoms with van der Waals surface area (Å²) in [5.41, 5.74) is -0.0808. The molecule has 3 aliphatic heterocycles. The molecule has 0 aliphatic carbocycles. The number of benzene rings is 1. The Bertz CT molecular complexity index is 2070. The van der Waals surface area contributed by atoms with E-state index in [1.807, 2.05) is 0 Å². The van der Waals surface area contributed by atoms with Crippen molar-refractivity contribution in [3.05, 3.63) is 34.7 Å². The average molecular weight is 1070 g/mol. The number of carbonyl (C=O) groups is 7. The standard InChI is InChI=1S/C50H80N8O17/c1-5-26(2)21-27(3)11-9-7-6-8-10-12-38(65)52-33-24-37(64)46(70)56-48(72)41-36(63)18-20-57(41)49(73)34(22-31(61)17-19-51-75)53-47(71)40(43(67)42(66)29-13-15-30(60)16-14-29)55-45(69)35-23-32(62)25-58(35)50(74)39(28(4)59)54-44(33)68/h13-16,26-28,31-37,39-43,46,59-64,66-67,70H,5-12,17-25H2,1-4H3,(H,52,65)(H,53,71)(H,54,68)(H,55,69)(H,56,72). The van der Waals surface area contributed by atoms with Crippen LogP contribution in [0, 0.1) is 16.7 Å². The van der Waals surface area contributed by atoms with Crippen molar-refractivity contribution >= 4 is 41.4 Å². The van der Waals surface area contributed by atoms with Gasteiger partial charge in [0.05, 0.1) is 31.0 Å². The molecule has 75 heavy (non-hydrogen) atoms. The molecule has 0 saturated carbocycles. The summed E-state index contributed by atoms with van der Waals surface area (Å²) in [6.45, 7) is 6.39. The van der Waals surface area contributed by atoms with E-state index in [0.29, 0.717) is 24.7 Å². The van der Waals surface area contributed by atoms with E-state index in [0.717, 1.165) is 67.4 Å². The molecule has 16 unspecified atom stereocenters. The maximum absolute atomic E-state index is 14.5. The van der Waals surface area contributed by atoms with Crippen molar-refractivity contribution in [2.45, 2.75) is 203 Å². The predicted octanol–water partition coefficient (Wildman–Crippen LogP) is -2.06. The van der Waals surface area contributed by atoms with Crippen molar-refractivity contribution in [2.75, 3.05) is 19.6 Å². The van der Waals surface area contributed by atoms with E-state index in [1.165, 1.54) is 12.1 Å². The van der Waals surface area contributed by atoms with E-state index in [1.54, 1.807) is 0 Å². The van der Waals surface area contributed by atoms with Crippen LogP contribution in [-0.4, -0.2) is 196 Å². The van der Waals surface area contributed by atoms with Gasteiger partial charge in [-0.2, -0.15) is 4.91 Å². The number of amides is 7. The van der Waals surface area contributed by atoms with Crippen LogP contribution in [0.25, 0.3) is 0 Å². The predicted molar refractivity (Wildman–Crippen MR) is 267 cm³/mol. The first kappa shape index (κ1) is 62.1. The molecule has 0 bridgehead atoms. The van der Waals surface area contributed by atoms with Gasteiger partial charge < -0.3 is 82.3 Å². The minimum Gasteiger partial charge on any atom is -0.508 e. The van der Waals surface area contributed by atoms with Crippen LogP contribution in [0.2, 0.25) is 0 Å². The molecular weight excluding hydrogens is 985 g/mol. The number of carbonyl (C=O) groups excluding carboxylic acids is 7. The van der Waals surface area contributed by atoms with Crippen molar-refractivity contribution in [2.24, 2.45) is 17.0 Å². The summed E-state index contributed by atoms with van der Waals surface area (Å²) >= 11 is 0. The molecule has 4 rings (SSSR count). The zero-order valence-corrected chi connectivity index (χ0v) is 43.2. The number of nitrogens with zero attached hydrogens (tertiary/aromatic N) is 3. The number of phenolic OH excluding ortho intramolecular Hbond substituents is 1. The summed E-state index contributed by atoms with van der Waals surface area (Å²) < 4.78 is 0. The number of aromatic hydroxyl groups is 1. The molecule has 25 nitrogen and oxygen atoms in total. The van der Waals surface area contributed by atoms with Gasteiger partial charge in [0.2, 0.25) is 41.4 Å². The topological polar surface area (TPSA) is 398 Å². The summed E-state index contributed by atoms with van der Waals surface area (Å²) in [4.78, 5) is 112. The van der Waals surface area contributed by atoms with Gasteiger partial charge in [0.25, 0.3) is 0 Å². The molecule has 7 amide bonds. The van der Waals surface area contributed by atoms with Gasteiger partial charge in [-0.25, -0.2) is 0 Å². The Kier molecular flexibility index (Phi) is 24.7. The number of nitrogens with one attached hydrogen (secondary N) is 5. The summed E-state index contributed by atoms with van der Waals surface area (Å²) in [5, 5.41) is 113. The van der Waals surface area contributed by atoms with Crippen molar-refractivity contribution < 1.29 is 79.5 Å². The summed E-state index contributed by atoms with van der Waals surface area (Å²) in [6, 6.07) is -6.65. The Hall–Kier alpha value is -5.41. The third-order valence-corrected chi connectivity index (χ3v) is 14.4. The van der Waals surface area contributed by atoms with Crippen LogP contribution in [0.5, 0.6) is 5.75 Å². The second-order valence-corrected chi connectivity index (χ2v) is 20.6. The maximum Gasteiger partial charge on any atom is 0.248 e. The molecule has 3 saturated heterocycles. The largest absolute Gasteiger partial charge is 0.508 e. The van der Waals surface area contributed by atoms with Crippen LogP contribution < -0.4 is 26.6 Å². The number of hydrogen-bond acceptors (Lipinski definition) is 18. The lowest BCUT2D eigenvalue weighted by Crippen LogP contribution is -2.63. The first-order chi connectivity index (χ1) is 35.5. The van der Waals surface area contributed by atoms with Gasteiger partial charge in [-0.15, -0.1) is 0 Å². The molecule has 0 aromatic heterocycles. The Morgan fingerprint density at radius 3 is 2.05 bits per heavy atom. The molecule has 1 aromatic rings. The molecule has 14 N–H and O–H groups in total. The molecule has 25 heteroatoms. The monoisotopic (exact) mass is 1060 g/mol. The molecule has 3 aliphatic rings. The van der Waals surface area contributed by atoms with Crippen LogP contribution in [0.1, 0.15) is 129 Å². The van der Waals surface area contributed by atoms with Crippen molar-refractivity contribution in [1.82, 2.24) is 36.4 Å². The van der Waals surface area contributed by atoms with Gasteiger partial charge in [0, 0.05) is 38.8 Å². The van der Waals surface area contributed by atoms with E-state index >= 15 is 0 Å². The molecule has 0 radical (unpaired) electrons. The quantitative estimate of drug-likeness (QED) is 0.0465. The van der Waals surface area contributed by atoms with Crippen LogP contribution in [0.4, 0.5) is 0 Å². The van der Waals surface area contributed by atoms with Crippen molar-refractivity contribution in [1.29, 1.82) is 0 Å². The zero-order valence-electron chi connectivity index (χ0n) is 43.2. The molecular formula is C50H80N8O17. The van der Waals surface area contributed by atoms with Gasteiger partial charge in [-0.1, -0.05) is 76.6 Å². The van der Waals surface area contributed by atoms with Gasteiger partial charge in [0.1, 0.15) is 60.3 Å². The normalized spacial score (nSPS) is 29.0. The third kappa shape index (κ3) is 18.1. The highest BCUT2D eigenvalue weighted by Gasteiger charge is 2.48. The fraction of sp³-hybridized carbons (Fsp3) is 0.740. The summed E-state index contributed by atoms with van der Waals surface area (Å²) in [7, 11) is 0. The first-order valence-electron chi connectivity index (χ1n) is 26.1. The smallest absolute Gasteiger partial charge is 0.248 e. The molecule has 1 aromatic carbocycles. The van der Waals surface area contributed by atoms with Gasteiger partial charge >= 0.3 is 0 Å². The summed E-state index contributed by atoms with van der Waals surface area (Å²) in [5.74, 6) is -6.96. The molecule has 0 spiro atoms. The number of hydrogen-bond donors (Lipinski definition) is 14. The average Bonchev–Trinajstić information content (AvgIpc) is 3.96. The zero-order chi connectivity index (χ0) is 55.7. The first-order valence-corrected chi connectivity index (χ1v) is 26.1. The molecule has 422 valence electrons. The number of aliphatic hydroxyl groups excluding tert-OH is 8. The van der Waals surface area contributed by atoms with E-state index in [9.17, 15) is 84.4 Å². The fourth-order valence-electron chi connectivity index (χ4n) is 9.82. The van der Waals surface area contributed by atoms with Crippen molar-refractivity contribution in [3.63, 3.8) is 0 Å². The van der Waals surface area contributed by atoms with Crippen LogP contribution in [0.15, 0.2) is 29.4 Å². The Morgan fingerprint density at radius 1 is 0.747 bits per heavy atom. The number of aliphatic hydroxyl groups is 8. The lowest BCUT2D eigenvalue weighted by molar-refractivity contribution is -0.147. The molecule has 3 fully saturated rings. The molecule has 3 heterocycles. The van der Waals surface area contributed by atoms with Crippen LogP contribution in [-0.2, 0) is 33.6 Å². The van der Waals surface area contributed by atoms with E-state index in [-0.39, 0.29) is 37.1 Å². The van der Waals surface area contributed by atoms with E-state index < -0.39 is 159 Å². The number of rotatable bonds is 21. The Balaban J connectivity index is 1.71. The van der Waals surface area contributed by atoms with E-state index in [2.05, 4.69) is 52.5 Å². The van der Waals surface area contributed by atoms with Gasteiger partial charge in [0.15, 0.2) is 6.23 Å². The second kappa shape index (κ2) is 29.8. The highest BCUT2D eigenvalue weighted by atomic mass is 16.3. The van der Waals surface area contributed by atoms with Crippen LogP contribution in [0.3, 0.4) is 0 Å². The fourth-order valence-corrected chi connectivity index (χ4v) is 9.82. The number of unbranched alkanes of at least 4 members (excludes halogenated alkanes) is 4. The highest BCUT2D eigenvalue weighted by molar-refractivity contribution is 5.98. The van der Waals surface area contributed by atoms with Crippen molar-refractivity contribution in [3.8, 4) is 5.75 Å².